The molecular formula is C16H17ClN2O3S. The molecule has 0 atom stereocenters. The normalized spacial score (nSPS) is 11.0. The fraction of sp³-hybridized carbons (Fsp3) is 0.188. The molecule has 0 unspecified atom stereocenters. The minimum atomic E-state index is -3.37. The quantitative estimate of drug-likeness (QED) is 0.839. The lowest BCUT2D eigenvalue weighted by molar-refractivity contribution is 0.0954. The molecule has 2 rings (SSSR count). The first-order valence-electron chi connectivity index (χ1n) is 6.94. The number of anilines is 1. The Bertz CT molecular complexity index is 806. The first-order valence-corrected chi connectivity index (χ1v) is 9.21. The Balaban J connectivity index is 1.94. The van der Waals surface area contributed by atoms with Crippen LogP contribution in [0.2, 0.25) is 5.02 Å². The summed E-state index contributed by atoms with van der Waals surface area (Å²) in [5.74, 6) is -0.260. The Morgan fingerprint density at radius 1 is 1.13 bits per heavy atom. The summed E-state index contributed by atoms with van der Waals surface area (Å²) < 4.78 is 24.8. The molecule has 0 bridgehead atoms. The van der Waals surface area contributed by atoms with E-state index in [0.717, 1.165) is 11.8 Å². The molecule has 0 spiro atoms. The van der Waals surface area contributed by atoms with Crippen LogP contribution in [0.5, 0.6) is 0 Å². The number of amides is 1. The standard InChI is InChI=1S/C16H17ClN2O3S/c1-23(21,22)19-15-7-3-5-13(11-15)16(20)18-9-8-12-4-2-6-14(17)10-12/h2-7,10-11,19H,8-9H2,1H3,(H,18,20). The van der Waals surface area contributed by atoms with Gasteiger partial charge in [-0.1, -0.05) is 29.8 Å². The molecular weight excluding hydrogens is 336 g/mol. The predicted octanol–water partition coefficient (Wildman–Crippen LogP) is 2.68. The largest absolute Gasteiger partial charge is 0.352 e. The van der Waals surface area contributed by atoms with E-state index in [0.29, 0.717) is 29.2 Å². The third kappa shape index (κ3) is 5.92. The molecule has 0 saturated heterocycles. The van der Waals surface area contributed by atoms with Crippen molar-refractivity contribution in [2.24, 2.45) is 0 Å². The van der Waals surface area contributed by atoms with Crippen molar-refractivity contribution in [3.63, 3.8) is 0 Å². The van der Waals surface area contributed by atoms with E-state index in [9.17, 15) is 13.2 Å². The van der Waals surface area contributed by atoms with E-state index in [4.69, 9.17) is 11.6 Å². The third-order valence-electron chi connectivity index (χ3n) is 3.02. The third-order valence-corrected chi connectivity index (χ3v) is 3.86. The lowest BCUT2D eigenvalue weighted by atomic mass is 10.1. The van der Waals surface area contributed by atoms with Crippen molar-refractivity contribution in [1.29, 1.82) is 0 Å². The zero-order valence-electron chi connectivity index (χ0n) is 12.5. The van der Waals surface area contributed by atoms with Crippen molar-refractivity contribution in [2.45, 2.75) is 6.42 Å². The molecule has 7 heteroatoms. The van der Waals surface area contributed by atoms with Crippen LogP contribution in [0.3, 0.4) is 0 Å². The molecule has 122 valence electrons. The number of rotatable bonds is 6. The molecule has 2 aromatic rings. The van der Waals surface area contributed by atoms with Gasteiger partial charge in [0.15, 0.2) is 0 Å². The van der Waals surface area contributed by atoms with Crippen molar-refractivity contribution in [3.05, 3.63) is 64.7 Å². The van der Waals surface area contributed by atoms with Gasteiger partial charge in [-0.25, -0.2) is 8.42 Å². The van der Waals surface area contributed by atoms with E-state index < -0.39 is 10.0 Å². The monoisotopic (exact) mass is 352 g/mol. The van der Waals surface area contributed by atoms with E-state index in [1.54, 1.807) is 24.3 Å². The molecule has 0 aliphatic carbocycles. The summed E-state index contributed by atoms with van der Waals surface area (Å²) >= 11 is 5.91. The molecule has 0 heterocycles. The lowest BCUT2D eigenvalue weighted by Gasteiger charge is -2.08. The number of sulfonamides is 1. The zero-order valence-corrected chi connectivity index (χ0v) is 14.1. The first-order chi connectivity index (χ1) is 10.8. The number of benzene rings is 2. The van der Waals surface area contributed by atoms with Crippen LogP contribution in [0.15, 0.2) is 48.5 Å². The van der Waals surface area contributed by atoms with E-state index in [1.165, 1.54) is 6.07 Å². The molecule has 0 aromatic heterocycles. The van der Waals surface area contributed by atoms with Gasteiger partial charge in [0, 0.05) is 22.8 Å². The van der Waals surface area contributed by atoms with Crippen LogP contribution >= 0.6 is 11.6 Å². The maximum atomic E-state index is 12.1. The second kappa shape index (κ2) is 7.48. The van der Waals surface area contributed by atoms with Gasteiger partial charge >= 0.3 is 0 Å². The molecule has 2 N–H and O–H groups in total. The SMILES string of the molecule is CS(=O)(=O)Nc1cccc(C(=O)NCCc2cccc(Cl)c2)c1. The van der Waals surface area contributed by atoms with Crippen LogP contribution in [0.25, 0.3) is 0 Å². The summed E-state index contributed by atoms with van der Waals surface area (Å²) in [6.07, 6.45) is 1.72. The molecule has 2 aromatic carbocycles. The highest BCUT2D eigenvalue weighted by Crippen LogP contribution is 2.13. The van der Waals surface area contributed by atoms with Gasteiger partial charge in [0.2, 0.25) is 10.0 Å². The molecule has 0 fully saturated rings. The molecule has 5 nitrogen and oxygen atoms in total. The van der Waals surface area contributed by atoms with Crippen molar-refractivity contribution in [3.8, 4) is 0 Å². The molecule has 0 aliphatic rings. The summed E-state index contributed by atoms with van der Waals surface area (Å²) in [5.41, 5.74) is 1.78. The van der Waals surface area contributed by atoms with E-state index >= 15 is 0 Å². The van der Waals surface area contributed by atoms with Gasteiger partial charge in [0.1, 0.15) is 0 Å². The molecule has 0 aliphatic heterocycles. The zero-order chi connectivity index (χ0) is 16.9. The Labute approximate surface area is 140 Å². The highest BCUT2D eigenvalue weighted by molar-refractivity contribution is 7.92. The maximum absolute atomic E-state index is 12.1. The molecule has 0 radical (unpaired) electrons. The van der Waals surface area contributed by atoms with Gasteiger partial charge in [-0.3, -0.25) is 9.52 Å². The highest BCUT2D eigenvalue weighted by atomic mass is 35.5. The van der Waals surface area contributed by atoms with Crippen LogP contribution < -0.4 is 10.0 Å². The summed E-state index contributed by atoms with van der Waals surface area (Å²) in [6.45, 7) is 0.461. The van der Waals surface area contributed by atoms with Gasteiger partial charge < -0.3 is 5.32 Å². The average Bonchev–Trinajstić information content (AvgIpc) is 2.45. The van der Waals surface area contributed by atoms with Gasteiger partial charge in [-0.2, -0.15) is 0 Å². The van der Waals surface area contributed by atoms with Gasteiger partial charge in [0.05, 0.1) is 6.26 Å². The summed E-state index contributed by atoms with van der Waals surface area (Å²) in [5, 5.41) is 3.46. The summed E-state index contributed by atoms with van der Waals surface area (Å²) in [6, 6.07) is 13.8. The lowest BCUT2D eigenvalue weighted by Crippen LogP contribution is -2.25. The number of hydrogen-bond acceptors (Lipinski definition) is 3. The Kier molecular flexibility index (Phi) is 5.63. The fourth-order valence-electron chi connectivity index (χ4n) is 2.05. The van der Waals surface area contributed by atoms with Gasteiger partial charge in [0.25, 0.3) is 5.91 Å². The maximum Gasteiger partial charge on any atom is 0.251 e. The van der Waals surface area contributed by atoms with Crippen molar-refractivity contribution in [2.75, 3.05) is 17.5 Å². The number of carbonyl (C=O) groups is 1. The van der Waals surface area contributed by atoms with Crippen molar-refractivity contribution < 1.29 is 13.2 Å². The number of nitrogens with one attached hydrogen (secondary N) is 2. The van der Waals surface area contributed by atoms with Gasteiger partial charge in [-0.05, 0) is 42.3 Å². The van der Waals surface area contributed by atoms with Crippen LogP contribution in [0.4, 0.5) is 5.69 Å². The summed E-state index contributed by atoms with van der Waals surface area (Å²) in [7, 11) is -3.37. The second-order valence-corrected chi connectivity index (χ2v) is 7.28. The number of carbonyl (C=O) groups excluding carboxylic acids is 1. The van der Waals surface area contributed by atoms with E-state index in [-0.39, 0.29) is 5.91 Å². The van der Waals surface area contributed by atoms with Crippen LogP contribution in [-0.4, -0.2) is 27.1 Å². The predicted molar refractivity (Wildman–Crippen MR) is 92.4 cm³/mol. The summed E-state index contributed by atoms with van der Waals surface area (Å²) in [4.78, 5) is 12.1. The molecule has 23 heavy (non-hydrogen) atoms. The van der Waals surface area contributed by atoms with Gasteiger partial charge in [-0.15, -0.1) is 0 Å². The topological polar surface area (TPSA) is 75.3 Å². The Hall–Kier alpha value is -2.05. The molecule has 1 amide bonds. The number of halogens is 1. The fourth-order valence-corrected chi connectivity index (χ4v) is 2.82. The van der Waals surface area contributed by atoms with Crippen molar-refractivity contribution in [1.82, 2.24) is 5.32 Å². The highest BCUT2D eigenvalue weighted by Gasteiger charge is 2.08. The Morgan fingerprint density at radius 3 is 2.57 bits per heavy atom. The first kappa shape index (κ1) is 17.3. The second-order valence-electron chi connectivity index (χ2n) is 5.09. The van der Waals surface area contributed by atoms with Crippen LogP contribution in [0.1, 0.15) is 15.9 Å². The smallest absolute Gasteiger partial charge is 0.251 e. The molecule has 0 saturated carbocycles. The van der Waals surface area contributed by atoms with E-state index in [2.05, 4.69) is 10.0 Å². The minimum Gasteiger partial charge on any atom is -0.352 e. The Morgan fingerprint density at radius 2 is 1.87 bits per heavy atom. The van der Waals surface area contributed by atoms with Crippen LogP contribution in [-0.2, 0) is 16.4 Å². The van der Waals surface area contributed by atoms with E-state index in [1.807, 2.05) is 18.2 Å². The average molecular weight is 353 g/mol. The van der Waals surface area contributed by atoms with Crippen molar-refractivity contribution >= 4 is 33.2 Å². The minimum absolute atomic E-state index is 0.260. The number of hydrogen-bond donors (Lipinski definition) is 2. The van der Waals surface area contributed by atoms with Crippen LogP contribution in [0, 0.1) is 0 Å².